The second kappa shape index (κ2) is 4.05. The highest BCUT2D eigenvalue weighted by Gasteiger charge is 2.45. The van der Waals surface area contributed by atoms with Crippen molar-refractivity contribution in [1.29, 1.82) is 0 Å². The number of imide groups is 1. The van der Waals surface area contributed by atoms with Crippen molar-refractivity contribution in [2.75, 3.05) is 4.90 Å². The molecule has 0 spiro atoms. The number of rotatable bonds is 1. The smallest absolute Gasteiger partial charge is 0.323 e. The lowest BCUT2D eigenvalue weighted by molar-refractivity contribution is -0.121. The van der Waals surface area contributed by atoms with Gasteiger partial charge in [0.25, 0.3) is 5.91 Å². The summed E-state index contributed by atoms with van der Waals surface area (Å²) < 4.78 is 0. The van der Waals surface area contributed by atoms with Crippen LogP contribution >= 0.6 is 0 Å². The van der Waals surface area contributed by atoms with Gasteiger partial charge in [0.1, 0.15) is 5.54 Å². The van der Waals surface area contributed by atoms with Gasteiger partial charge < -0.3 is 5.32 Å². The van der Waals surface area contributed by atoms with E-state index in [0.29, 0.717) is 5.69 Å². The third kappa shape index (κ3) is 2.32. The maximum atomic E-state index is 12.1. The van der Waals surface area contributed by atoms with Gasteiger partial charge in [0, 0.05) is 11.1 Å². The molecule has 1 aromatic rings. The second-order valence-corrected chi connectivity index (χ2v) is 6.35. The summed E-state index contributed by atoms with van der Waals surface area (Å²) in [7, 11) is 0. The molecule has 1 aromatic heterocycles. The molecular formula is C14H19N3O2. The first-order valence-electron chi connectivity index (χ1n) is 6.26. The Morgan fingerprint density at radius 3 is 2.21 bits per heavy atom. The fourth-order valence-electron chi connectivity index (χ4n) is 1.94. The van der Waals surface area contributed by atoms with Gasteiger partial charge in [-0.3, -0.25) is 9.78 Å². The van der Waals surface area contributed by atoms with Crippen molar-refractivity contribution in [3.8, 4) is 0 Å². The van der Waals surface area contributed by atoms with Crippen molar-refractivity contribution in [2.24, 2.45) is 0 Å². The summed E-state index contributed by atoms with van der Waals surface area (Å²) >= 11 is 0. The number of amides is 3. The summed E-state index contributed by atoms with van der Waals surface area (Å²) in [6.45, 7) is 9.55. The first-order valence-corrected chi connectivity index (χ1v) is 6.26. The van der Waals surface area contributed by atoms with Gasteiger partial charge in [-0.15, -0.1) is 0 Å². The van der Waals surface area contributed by atoms with E-state index in [-0.39, 0.29) is 11.3 Å². The molecule has 0 unspecified atom stereocenters. The monoisotopic (exact) mass is 261 g/mol. The number of hydrogen-bond acceptors (Lipinski definition) is 3. The first kappa shape index (κ1) is 13.5. The average molecular weight is 261 g/mol. The molecule has 2 heterocycles. The Balaban J connectivity index is 2.34. The fraction of sp³-hybridized carbons (Fsp3) is 0.500. The standard InChI is InChI=1S/C14H19N3O2/c1-13(2,3)10-7-6-9(8-15-10)17-11(18)14(4,5)16-12(17)19/h6-8H,1-5H3,(H,16,19). The minimum Gasteiger partial charge on any atom is -0.323 e. The molecule has 1 N–H and O–H groups in total. The normalized spacial score (nSPS) is 18.7. The van der Waals surface area contributed by atoms with Crippen LogP contribution in [0.3, 0.4) is 0 Å². The van der Waals surface area contributed by atoms with Gasteiger partial charge in [-0.2, -0.15) is 0 Å². The molecule has 102 valence electrons. The van der Waals surface area contributed by atoms with Crippen molar-refractivity contribution in [3.05, 3.63) is 24.0 Å². The highest BCUT2D eigenvalue weighted by molar-refractivity contribution is 6.22. The Labute approximate surface area is 113 Å². The summed E-state index contributed by atoms with van der Waals surface area (Å²) in [6, 6.07) is 3.20. The van der Waals surface area contributed by atoms with Gasteiger partial charge in [0.15, 0.2) is 0 Å². The molecule has 3 amide bonds. The van der Waals surface area contributed by atoms with E-state index >= 15 is 0 Å². The second-order valence-electron chi connectivity index (χ2n) is 6.35. The third-order valence-corrected chi connectivity index (χ3v) is 3.13. The van der Waals surface area contributed by atoms with Gasteiger partial charge in [-0.05, 0) is 26.0 Å². The number of aromatic nitrogens is 1. The van der Waals surface area contributed by atoms with E-state index in [0.717, 1.165) is 10.6 Å². The zero-order valence-electron chi connectivity index (χ0n) is 11.9. The highest BCUT2D eigenvalue weighted by Crippen LogP contribution is 2.26. The molecule has 1 aliphatic heterocycles. The Hall–Kier alpha value is -1.91. The van der Waals surface area contributed by atoms with Crippen LogP contribution in [0.1, 0.15) is 40.3 Å². The Morgan fingerprint density at radius 2 is 1.84 bits per heavy atom. The number of carbonyl (C=O) groups excluding carboxylic acids is 2. The number of carbonyl (C=O) groups is 2. The molecule has 1 aliphatic rings. The molecule has 5 heteroatoms. The lowest BCUT2D eigenvalue weighted by Gasteiger charge is -2.19. The fourth-order valence-corrected chi connectivity index (χ4v) is 1.94. The van der Waals surface area contributed by atoms with E-state index in [1.54, 1.807) is 26.1 Å². The lowest BCUT2D eigenvalue weighted by atomic mass is 9.92. The van der Waals surface area contributed by atoms with Gasteiger partial charge in [0.2, 0.25) is 0 Å². The molecule has 5 nitrogen and oxygen atoms in total. The van der Waals surface area contributed by atoms with Crippen LogP contribution in [-0.4, -0.2) is 22.5 Å². The molecule has 2 rings (SSSR count). The van der Waals surface area contributed by atoms with Crippen molar-refractivity contribution < 1.29 is 9.59 Å². The van der Waals surface area contributed by atoms with Crippen molar-refractivity contribution in [3.63, 3.8) is 0 Å². The van der Waals surface area contributed by atoms with E-state index in [4.69, 9.17) is 0 Å². The van der Waals surface area contributed by atoms with Gasteiger partial charge in [0.05, 0.1) is 11.9 Å². The van der Waals surface area contributed by atoms with E-state index in [2.05, 4.69) is 31.1 Å². The van der Waals surface area contributed by atoms with Crippen LogP contribution in [0.15, 0.2) is 18.3 Å². The largest absolute Gasteiger partial charge is 0.329 e. The molecule has 0 aromatic carbocycles. The Kier molecular flexibility index (Phi) is 2.88. The molecule has 1 saturated heterocycles. The molecule has 19 heavy (non-hydrogen) atoms. The van der Waals surface area contributed by atoms with Gasteiger partial charge in [-0.1, -0.05) is 20.8 Å². The summed E-state index contributed by atoms with van der Waals surface area (Å²) in [5, 5.41) is 2.65. The minimum absolute atomic E-state index is 0.0604. The number of hydrogen-bond donors (Lipinski definition) is 1. The third-order valence-electron chi connectivity index (χ3n) is 3.13. The highest BCUT2D eigenvalue weighted by atomic mass is 16.2. The minimum atomic E-state index is -0.861. The molecule has 0 radical (unpaired) electrons. The maximum Gasteiger partial charge on any atom is 0.329 e. The number of anilines is 1. The molecule has 0 saturated carbocycles. The maximum absolute atomic E-state index is 12.1. The predicted molar refractivity (Wildman–Crippen MR) is 73.0 cm³/mol. The SMILES string of the molecule is CC1(C)NC(=O)N(c2ccc(C(C)(C)C)nc2)C1=O. The van der Waals surface area contributed by atoms with Crippen LogP contribution < -0.4 is 10.2 Å². The van der Waals surface area contributed by atoms with E-state index in [9.17, 15) is 9.59 Å². The van der Waals surface area contributed by atoms with Crippen molar-refractivity contribution in [2.45, 2.75) is 45.6 Å². The van der Waals surface area contributed by atoms with Crippen LogP contribution in [0.25, 0.3) is 0 Å². The van der Waals surface area contributed by atoms with Crippen LogP contribution in [0.2, 0.25) is 0 Å². The van der Waals surface area contributed by atoms with Gasteiger partial charge in [-0.25, -0.2) is 9.69 Å². The first-order chi connectivity index (χ1) is 8.63. The zero-order chi connectivity index (χ0) is 14.4. The molecule has 0 aliphatic carbocycles. The Bertz CT molecular complexity index is 527. The Morgan fingerprint density at radius 1 is 1.21 bits per heavy atom. The average Bonchev–Trinajstić information content (AvgIpc) is 2.47. The number of nitrogens with one attached hydrogen (secondary N) is 1. The van der Waals surface area contributed by atoms with E-state index < -0.39 is 11.6 Å². The van der Waals surface area contributed by atoms with Crippen LogP contribution in [-0.2, 0) is 10.2 Å². The van der Waals surface area contributed by atoms with Crippen LogP contribution in [0, 0.1) is 0 Å². The molecule has 0 atom stereocenters. The van der Waals surface area contributed by atoms with Gasteiger partial charge >= 0.3 is 6.03 Å². The molecular weight excluding hydrogens is 242 g/mol. The molecule has 0 bridgehead atoms. The topological polar surface area (TPSA) is 62.3 Å². The summed E-state index contributed by atoms with van der Waals surface area (Å²) in [5.41, 5.74) is 0.498. The van der Waals surface area contributed by atoms with E-state index in [1.807, 2.05) is 6.07 Å². The quantitative estimate of drug-likeness (QED) is 0.788. The number of pyridine rings is 1. The van der Waals surface area contributed by atoms with Crippen LogP contribution in [0.5, 0.6) is 0 Å². The summed E-state index contributed by atoms with van der Waals surface area (Å²) in [4.78, 5) is 29.5. The lowest BCUT2D eigenvalue weighted by Crippen LogP contribution is -2.40. The molecule has 1 fully saturated rings. The number of urea groups is 1. The summed E-state index contributed by atoms with van der Waals surface area (Å²) in [5.74, 6) is -0.261. The van der Waals surface area contributed by atoms with E-state index in [1.165, 1.54) is 0 Å². The van der Waals surface area contributed by atoms with Crippen molar-refractivity contribution >= 4 is 17.6 Å². The zero-order valence-corrected chi connectivity index (χ0v) is 11.9. The van der Waals surface area contributed by atoms with Crippen LogP contribution in [0.4, 0.5) is 10.5 Å². The predicted octanol–water partition coefficient (Wildman–Crippen LogP) is 2.21. The van der Waals surface area contributed by atoms with Crippen molar-refractivity contribution in [1.82, 2.24) is 10.3 Å². The number of nitrogens with zero attached hydrogens (tertiary/aromatic N) is 2. The summed E-state index contributed by atoms with van der Waals surface area (Å²) in [6.07, 6.45) is 1.57.